The van der Waals surface area contributed by atoms with Crippen LogP contribution in [-0.4, -0.2) is 47.9 Å². The molecule has 0 fully saturated rings. The molecule has 1 aliphatic rings. The van der Waals surface area contributed by atoms with Crippen LogP contribution in [0.1, 0.15) is 43.0 Å². The van der Waals surface area contributed by atoms with Gasteiger partial charge in [-0.3, -0.25) is 28.6 Å². The van der Waals surface area contributed by atoms with Crippen molar-refractivity contribution in [3.8, 4) is 0 Å². The van der Waals surface area contributed by atoms with Gasteiger partial charge in [-0.25, -0.2) is 0 Å². The smallest absolute Gasteiger partial charge is 0.295 e. The second-order valence-electron chi connectivity index (χ2n) is 6.26. The Balaban J connectivity index is 1.84. The first-order valence-corrected chi connectivity index (χ1v) is 9.99. The van der Waals surface area contributed by atoms with E-state index in [9.17, 15) is 32.1 Å². The second kappa shape index (κ2) is 8.89. The van der Waals surface area contributed by atoms with E-state index in [0.29, 0.717) is 19.3 Å². The standard InChI is InChI=1S/C18H20N2O7S/c1-12(21)14-7-6-13(11-15(14)28(25,26)27)19-16(22)5-3-2-4-10-20-17(23)8-9-18(20)24/h6-9,11H,2-5,10H2,1H3,(H,19,22)(H,25,26,27). The van der Waals surface area contributed by atoms with Crippen molar-refractivity contribution in [1.29, 1.82) is 0 Å². The van der Waals surface area contributed by atoms with E-state index in [-0.39, 0.29) is 41.9 Å². The van der Waals surface area contributed by atoms with Gasteiger partial charge >= 0.3 is 0 Å². The van der Waals surface area contributed by atoms with Crippen LogP contribution in [0.15, 0.2) is 35.2 Å². The van der Waals surface area contributed by atoms with Crippen molar-refractivity contribution in [3.05, 3.63) is 35.9 Å². The van der Waals surface area contributed by atoms with Gasteiger partial charge in [-0.1, -0.05) is 6.42 Å². The topological polar surface area (TPSA) is 138 Å². The zero-order valence-corrected chi connectivity index (χ0v) is 16.0. The highest BCUT2D eigenvalue weighted by molar-refractivity contribution is 7.86. The number of nitrogens with zero attached hydrogens (tertiary/aromatic N) is 1. The van der Waals surface area contributed by atoms with Gasteiger partial charge in [0.2, 0.25) is 5.91 Å². The maximum absolute atomic E-state index is 12.0. The van der Waals surface area contributed by atoms with Gasteiger partial charge in [0.15, 0.2) is 5.78 Å². The number of nitrogens with one attached hydrogen (secondary N) is 1. The van der Waals surface area contributed by atoms with Crippen molar-refractivity contribution in [3.63, 3.8) is 0 Å². The quantitative estimate of drug-likeness (QED) is 0.274. The molecule has 0 bridgehead atoms. The minimum absolute atomic E-state index is 0.141. The number of carbonyl (C=O) groups excluding carboxylic acids is 4. The molecule has 0 aromatic heterocycles. The van der Waals surface area contributed by atoms with E-state index in [1.807, 2.05) is 0 Å². The lowest BCUT2D eigenvalue weighted by atomic mass is 10.1. The number of anilines is 1. The molecule has 9 nitrogen and oxygen atoms in total. The van der Waals surface area contributed by atoms with Crippen LogP contribution < -0.4 is 5.32 Å². The first kappa shape index (κ1) is 21.5. The van der Waals surface area contributed by atoms with Crippen LogP contribution in [0, 0.1) is 0 Å². The molecule has 0 spiro atoms. The fourth-order valence-corrected chi connectivity index (χ4v) is 3.48. The molecule has 0 saturated heterocycles. The largest absolute Gasteiger partial charge is 0.326 e. The van der Waals surface area contributed by atoms with Gasteiger partial charge < -0.3 is 5.32 Å². The number of ketones is 1. The van der Waals surface area contributed by atoms with E-state index in [0.717, 1.165) is 11.0 Å². The summed E-state index contributed by atoms with van der Waals surface area (Å²) in [6.07, 6.45) is 4.26. The minimum Gasteiger partial charge on any atom is -0.326 e. The van der Waals surface area contributed by atoms with Crippen LogP contribution in [0.25, 0.3) is 0 Å². The SMILES string of the molecule is CC(=O)c1ccc(NC(=O)CCCCCN2C(=O)C=CC2=O)cc1S(=O)(=O)O. The van der Waals surface area contributed by atoms with Gasteiger partial charge in [0, 0.05) is 36.4 Å². The van der Waals surface area contributed by atoms with Crippen molar-refractivity contribution in [2.75, 3.05) is 11.9 Å². The Bertz CT molecular complexity index is 933. The van der Waals surface area contributed by atoms with E-state index in [2.05, 4.69) is 5.32 Å². The zero-order chi connectivity index (χ0) is 20.9. The van der Waals surface area contributed by atoms with Crippen LogP contribution in [0.2, 0.25) is 0 Å². The maximum atomic E-state index is 12.0. The molecule has 10 heteroatoms. The second-order valence-corrected chi connectivity index (χ2v) is 7.65. The zero-order valence-electron chi connectivity index (χ0n) is 15.2. The summed E-state index contributed by atoms with van der Waals surface area (Å²) >= 11 is 0. The first-order chi connectivity index (χ1) is 13.1. The average molecular weight is 408 g/mol. The third-order valence-electron chi connectivity index (χ3n) is 4.11. The van der Waals surface area contributed by atoms with Crippen LogP contribution >= 0.6 is 0 Å². The van der Waals surface area contributed by atoms with Gasteiger partial charge in [0.05, 0.1) is 0 Å². The predicted molar refractivity (Wildman–Crippen MR) is 99.2 cm³/mol. The fraction of sp³-hybridized carbons (Fsp3) is 0.333. The highest BCUT2D eigenvalue weighted by Crippen LogP contribution is 2.21. The van der Waals surface area contributed by atoms with Crippen LogP contribution in [-0.2, 0) is 24.5 Å². The highest BCUT2D eigenvalue weighted by Gasteiger charge is 2.22. The molecule has 1 aromatic carbocycles. The van der Waals surface area contributed by atoms with Gasteiger partial charge in [-0.15, -0.1) is 0 Å². The van der Waals surface area contributed by atoms with Crippen LogP contribution in [0.5, 0.6) is 0 Å². The Kier molecular flexibility index (Phi) is 6.81. The lowest BCUT2D eigenvalue weighted by Gasteiger charge is -2.13. The Morgan fingerprint density at radius 3 is 2.29 bits per heavy atom. The summed E-state index contributed by atoms with van der Waals surface area (Å²) in [6, 6.07) is 3.63. The summed E-state index contributed by atoms with van der Waals surface area (Å²) in [5, 5.41) is 2.51. The van der Waals surface area contributed by atoms with E-state index >= 15 is 0 Å². The normalized spacial score (nSPS) is 13.9. The number of benzene rings is 1. The molecule has 2 N–H and O–H groups in total. The van der Waals surface area contributed by atoms with Gasteiger partial charge in [0.25, 0.3) is 21.9 Å². The van der Waals surface area contributed by atoms with Gasteiger partial charge in [-0.2, -0.15) is 8.42 Å². The third kappa shape index (κ3) is 5.57. The average Bonchev–Trinajstić information content (AvgIpc) is 2.92. The molecule has 0 atom stereocenters. The monoisotopic (exact) mass is 408 g/mol. The lowest BCUT2D eigenvalue weighted by Crippen LogP contribution is -2.30. The molecule has 0 unspecified atom stereocenters. The van der Waals surface area contributed by atoms with Crippen LogP contribution in [0.3, 0.4) is 0 Å². The molecular weight excluding hydrogens is 388 g/mol. The molecule has 2 rings (SSSR count). The summed E-state index contributed by atoms with van der Waals surface area (Å²) in [7, 11) is -4.62. The van der Waals surface area contributed by atoms with E-state index in [4.69, 9.17) is 0 Å². The highest BCUT2D eigenvalue weighted by atomic mass is 32.2. The van der Waals surface area contributed by atoms with Gasteiger partial charge in [-0.05, 0) is 38.0 Å². The summed E-state index contributed by atoms with van der Waals surface area (Å²) in [6.45, 7) is 1.46. The van der Waals surface area contributed by atoms with Crippen molar-refractivity contribution in [2.24, 2.45) is 0 Å². The van der Waals surface area contributed by atoms with E-state index < -0.39 is 20.8 Å². The number of hydrogen-bond acceptors (Lipinski definition) is 6. The Morgan fingerprint density at radius 2 is 1.71 bits per heavy atom. The molecule has 1 heterocycles. The lowest BCUT2D eigenvalue weighted by molar-refractivity contribution is -0.136. The molecule has 3 amide bonds. The molecule has 0 saturated carbocycles. The number of hydrogen-bond donors (Lipinski definition) is 2. The van der Waals surface area contributed by atoms with Gasteiger partial charge in [0.1, 0.15) is 4.90 Å². The number of unbranched alkanes of at least 4 members (excludes halogenated alkanes) is 2. The maximum Gasteiger partial charge on any atom is 0.295 e. The van der Waals surface area contributed by atoms with Crippen molar-refractivity contribution < 1.29 is 32.1 Å². The molecule has 1 aliphatic heterocycles. The van der Waals surface area contributed by atoms with Crippen molar-refractivity contribution in [1.82, 2.24) is 4.90 Å². The van der Waals surface area contributed by atoms with Crippen molar-refractivity contribution in [2.45, 2.75) is 37.5 Å². The molecule has 1 aromatic rings. The fourth-order valence-electron chi connectivity index (χ4n) is 2.71. The number of carbonyl (C=O) groups is 4. The number of rotatable bonds is 9. The molecule has 150 valence electrons. The molecule has 28 heavy (non-hydrogen) atoms. The number of Topliss-reactive ketones (excluding diaryl/α,β-unsaturated/α-hetero) is 1. The minimum atomic E-state index is -4.62. The Morgan fingerprint density at radius 1 is 1.07 bits per heavy atom. The van der Waals surface area contributed by atoms with E-state index in [1.165, 1.54) is 31.2 Å². The first-order valence-electron chi connectivity index (χ1n) is 8.55. The number of imide groups is 1. The van der Waals surface area contributed by atoms with E-state index in [1.54, 1.807) is 0 Å². The molecule has 0 aliphatic carbocycles. The third-order valence-corrected chi connectivity index (χ3v) is 5.00. The summed E-state index contributed by atoms with van der Waals surface area (Å²) in [5.74, 6) is -1.58. The molecule has 0 radical (unpaired) electrons. The summed E-state index contributed by atoms with van der Waals surface area (Å²) < 4.78 is 32.1. The summed E-state index contributed by atoms with van der Waals surface area (Å²) in [4.78, 5) is 46.8. The Labute approximate surface area is 162 Å². The number of amides is 3. The van der Waals surface area contributed by atoms with Crippen molar-refractivity contribution >= 4 is 39.3 Å². The predicted octanol–water partition coefficient (Wildman–Crippen LogP) is 1.56. The van der Waals surface area contributed by atoms with Crippen LogP contribution in [0.4, 0.5) is 5.69 Å². The summed E-state index contributed by atoms with van der Waals surface area (Å²) in [5.41, 5.74) is -0.0250. The molecular formula is C18H20N2O7S. The Hall–Kier alpha value is -2.85.